The van der Waals surface area contributed by atoms with Crippen molar-refractivity contribution in [2.75, 3.05) is 6.61 Å². The van der Waals surface area contributed by atoms with Crippen LogP contribution in [0.4, 0.5) is 5.69 Å². The number of aromatic hydroxyl groups is 1. The number of ether oxygens (including phenoxy) is 2. The molecule has 0 atom stereocenters. The van der Waals surface area contributed by atoms with Crippen molar-refractivity contribution in [2.24, 2.45) is 4.99 Å². The molecule has 0 saturated heterocycles. The molecule has 0 unspecified atom stereocenters. The van der Waals surface area contributed by atoms with E-state index in [1.165, 1.54) is 32.1 Å². The first-order valence-corrected chi connectivity index (χ1v) is 10.3. The van der Waals surface area contributed by atoms with Gasteiger partial charge in [0.05, 0.1) is 18.4 Å². The summed E-state index contributed by atoms with van der Waals surface area (Å²) in [6.45, 7) is 6.90. The Morgan fingerprint density at radius 2 is 1.61 bits per heavy atom. The Morgan fingerprint density at radius 1 is 0.929 bits per heavy atom. The number of nitrogens with zero attached hydrogens (tertiary/aromatic N) is 1. The Morgan fingerprint density at radius 3 is 2.29 bits per heavy atom. The number of phenols is 1. The number of benzene rings is 2. The lowest BCUT2D eigenvalue weighted by Gasteiger charge is -2.09. The highest BCUT2D eigenvalue weighted by atomic mass is 16.5. The molecule has 4 nitrogen and oxygen atoms in total. The lowest BCUT2D eigenvalue weighted by Crippen LogP contribution is -2.04. The number of aliphatic imine (C=N–C) groups is 1. The van der Waals surface area contributed by atoms with E-state index < -0.39 is 0 Å². The van der Waals surface area contributed by atoms with E-state index in [1.807, 2.05) is 50.2 Å². The predicted molar refractivity (Wildman–Crippen MR) is 116 cm³/mol. The Hall–Kier alpha value is -2.49. The quantitative estimate of drug-likeness (QED) is 0.329. The summed E-state index contributed by atoms with van der Waals surface area (Å²) < 4.78 is 11.4. The summed E-state index contributed by atoms with van der Waals surface area (Å²) in [5.41, 5.74) is 1.47. The van der Waals surface area contributed by atoms with Crippen LogP contribution in [0.1, 0.15) is 64.9 Å². The van der Waals surface area contributed by atoms with E-state index in [2.05, 4.69) is 11.9 Å². The molecule has 0 heterocycles. The van der Waals surface area contributed by atoms with Crippen molar-refractivity contribution in [1.29, 1.82) is 0 Å². The zero-order valence-corrected chi connectivity index (χ0v) is 17.4. The Bertz CT molecular complexity index is 723. The van der Waals surface area contributed by atoms with Crippen molar-refractivity contribution in [3.05, 3.63) is 48.0 Å². The predicted octanol–water partition coefficient (Wildman–Crippen LogP) is 6.67. The highest BCUT2D eigenvalue weighted by Crippen LogP contribution is 2.24. The molecule has 1 N–H and O–H groups in total. The maximum atomic E-state index is 10.2. The lowest BCUT2D eigenvalue weighted by atomic mass is 10.1. The number of hydrogen-bond donors (Lipinski definition) is 1. The number of rotatable bonds is 12. The van der Waals surface area contributed by atoms with E-state index in [9.17, 15) is 5.11 Å². The lowest BCUT2D eigenvalue weighted by molar-refractivity contribution is 0.242. The second-order valence-electron chi connectivity index (χ2n) is 7.26. The molecular weight excluding hydrogens is 350 g/mol. The first-order valence-electron chi connectivity index (χ1n) is 10.3. The zero-order valence-electron chi connectivity index (χ0n) is 17.4. The maximum Gasteiger partial charge on any atom is 0.128 e. The van der Waals surface area contributed by atoms with Gasteiger partial charge in [-0.05, 0) is 56.7 Å². The molecular formula is C24H33NO3. The van der Waals surface area contributed by atoms with Crippen molar-refractivity contribution in [2.45, 2.75) is 65.4 Å². The van der Waals surface area contributed by atoms with Crippen LogP contribution in [-0.4, -0.2) is 24.0 Å². The third-order valence-electron chi connectivity index (χ3n) is 4.33. The molecule has 2 rings (SSSR count). The second kappa shape index (κ2) is 12.1. The number of phenolic OH excluding ortho intramolecular Hbond substituents is 1. The minimum absolute atomic E-state index is 0.146. The van der Waals surface area contributed by atoms with Crippen LogP contribution < -0.4 is 9.47 Å². The fraction of sp³-hybridized carbons (Fsp3) is 0.458. The van der Waals surface area contributed by atoms with Crippen LogP contribution in [-0.2, 0) is 0 Å². The van der Waals surface area contributed by atoms with Gasteiger partial charge in [0.15, 0.2) is 0 Å². The normalized spacial score (nSPS) is 11.3. The van der Waals surface area contributed by atoms with Gasteiger partial charge in [-0.25, -0.2) is 0 Å². The molecule has 0 aliphatic heterocycles. The van der Waals surface area contributed by atoms with Gasteiger partial charge in [-0.15, -0.1) is 0 Å². The minimum atomic E-state index is 0.146. The third kappa shape index (κ3) is 8.03. The average molecular weight is 384 g/mol. The number of unbranched alkanes of at least 4 members (excludes halogenated alkanes) is 5. The van der Waals surface area contributed by atoms with Crippen LogP contribution in [0.2, 0.25) is 0 Å². The van der Waals surface area contributed by atoms with E-state index in [1.54, 1.807) is 12.3 Å². The van der Waals surface area contributed by atoms with Crippen molar-refractivity contribution in [3.8, 4) is 17.2 Å². The van der Waals surface area contributed by atoms with Crippen LogP contribution >= 0.6 is 0 Å². The van der Waals surface area contributed by atoms with Gasteiger partial charge in [-0.3, -0.25) is 4.99 Å². The van der Waals surface area contributed by atoms with Gasteiger partial charge >= 0.3 is 0 Å². The molecule has 0 aliphatic carbocycles. The summed E-state index contributed by atoms with van der Waals surface area (Å²) in [6.07, 6.45) is 9.19. The Labute approximate surface area is 169 Å². The molecule has 152 valence electrons. The molecule has 2 aromatic rings. The highest BCUT2D eigenvalue weighted by molar-refractivity contribution is 5.85. The first kappa shape index (κ1) is 21.8. The molecule has 0 bridgehead atoms. The van der Waals surface area contributed by atoms with Gasteiger partial charge in [0.2, 0.25) is 0 Å². The molecule has 0 saturated carbocycles. The summed E-state index contributed by atoms with van der Waals surface area (Å²) in [5.74, 6) is 1.69. The average Bonchev–Trinajstić information content (AvgIpc) is 2.67. The molecule has 0 fully saturated rings. The largest absolute Gasteiger partial charge is 0.507 e. The van der Waals surface area contributed by atoms with Gasteiger partial charge in [-0.2, -0.15) is 0 Å². The minimum Gasteiger partial charge on any atom is -0.507 e. The summed E-state index contributed by atoms with van der Waals surface area (Å²) in [4.78, 5) is 4.42. The zero-order chi connectivity index (χ0) is 20.2. The van der Waals surface area contributed by atoms with Crippen molar-refractivity contribution in [3.63, 3.8) is 0 Å². The fourth-order valence-corrected chi connectivity index (χ4v) is 2.82. The maximum absolute atomic E-state index is 10.2. The van der Waals surface area contributed by atoms with Crippen molar-refractivity contribution >= 4 is 11.9 Å². The highest BCUT2D eigenvalue weighted by Gasteiger charge is 2.02. The molecule has 0 aliphatic rings. The van der Waals surface area contributed by atoms with Crippen LogP contribution in [0.25, 0.3) is 0 Å². The summed E-state index contributed by atoms with van der Waals surface area (Å²) in [7, 11) is 0. The molecule has 0 amide bonds. The van der Waals surface area contributed by atoms with Crippen molar-refractivity contribution < 1.29 is 14.6 Å². The smallest absolute Gasteiger partial charge is 0.128 e. The topological polar surface area (TPSA) is 51.0 Å². The first-order chi connectivity index (χ1) is 13.6. The van der Waals surface area contributed by atoms with E-state index in [0.29, 0.717) is 17.9 Å². The molecule has 28 heavy (non-hydrogen) atoms. The summed E-state index contributed by atoms with van der Waals surface area (Å²) in [5, 5.41) is 10.2. The molecule has 0 spiro atoms. The van der Waals surface area contributed by atoms with E-state index >= 15 is 0 Å². The SMILES string of the molecule is CCCCCCCCOc1ccc(C=Nc2ccc(OC(C)C)cc2)c(O)c1. The third-order valence-corrected chi connectivity index (χ3v) is 4.33. The van der Waals surface area contributed by atoms with Gasteiger partial charge in [0, 0.05) is 17.8 Å². The van der Waals surface area contributed by atoms with Crippen LogP contribution in [0.3, 0.4) is 0 Å². The van der Waals surface area contributed by atoms with E-state index in [-0.39, 0.29) is 11.9 Å². The van der Waals surface area contributed by atoms with Crippen molar-refractivity contribution in [1.82, 2.24) is 0 Å². The number of hydrogen-bond acceptors (Lipinski definition) is 4. The van der Waals surface area contributed by atoms with Crippen LogP contribution in [0.5, 0.6) is 17.2 Å². The van der Waals surface area contributed by atoms with Crippen LogP contribution in [0, 0.1) is 0 Å². The summed E-state index contributed by atoms with van der Waals surface area (Å²) >= 11 is 0. The fourth-order valence-electron chi connectivity index (χ4n) is 2.82. The molecule has 4 heteroatoms. The van der Waals surface area contributed by atoms with Gasteiger partial charge in [0.1, 0.15) is 17.2 Å². The van der Waals surface area contributed by atoms with Gasteiger partial charge in [-0.1, -0.05) is 39.0 Å². The van der Waals surface area contributed by atoms with E-state index in [4.69, 9.17) is 9.47 Å². The Balaban J connectivity index is 1.82. The van der Waals surface area contributed by atoms with E-state index in [0.717, 1.165) is 17.9 Å². The molecule has 0 aromatic heterocycles. The monoisotopic (exact) mass is 383 g/mol. The Kier molecular flexibility index (Phi) is 9.40. The summed E-state index contributed by atoms with van der Waals surface area (Å²) in [6, 6.07) is 12.9. The van der Waals surface area contributed by atoms with Gasteiger partial charge < -0.3 is 14.6 Å². The standard InChI is InChI=1S/C24H33NO3/c1-4-5-6-7-8-9-16-27-23-13-10-20(24(26)17-23)18-25-21-11-14-22(15-12-21)28-19(2)3/h10-15,17-19,26H,4-9,16H2,1-3H3. The molecule has 2 aromatic carbocycles. The molecule has 0 radical (unpaired) electrons. The second-order valence-corrected chi connectivity index (χ2v) is 7.26. The van der Waals surface area contributed by atoms with Gasteiger partial charge in [0.25, 0.3) is 0 Å². The van der Waals surface area contributed by atoms with Crippen LogP contribution in [0.15, 0.2) is 47.5 Å².